The summed E-state index contributed by atoms with van der Waals surface area (Å²) in [7, 11) is 0. The van der Waals surface area contributed by atoms with Crippen LogP contribution in [0.2, 0.25) is 0 Å². The number of rotatable bonds is 4. The smallest absolute Gasteiger partial charge is 0.328 e. The number of hydrogen-bond acceptors (Lipinski definition) is 3. The maximum absolute atomic E-state index is 12.1. The molecule has 0 bridgehead atoms. The van der Waals surface area contributed by atoms with Crippen LogP contribution in [0.15, 0.2) is 48.5 Å². The molecule has 0 aliphatic rings. The third-order valence-electron chi connectivity index (χ3n) is 2.69. The minimum Gasteiger partial charge on any atom is -0.478 e. The van der Waals surface area contributed by atoms with Crippen LogP contribution in [0.4, 0.5) is 5.82 Å². The van der Waals surface area contributed by atoms with Gasteiger partial charge in [-0.05, 0) is 37.3 Å². The highest BCUT2D eigenvalue weighted by atomic mass is 16.4. The first kappa shape index (κ1) is 14.5. The minimum atomic E-state index is -1.05. The van der Waals surface area contributed by atoms with Crippen molar-refractivity contribution in [2.45, 2.75) is 6.92 Å². The van der Waals surface area contributed by atoms with E-state index in [1.165, 1.54) is 6.08 Å². The molecule has 0 radical (unpaired) electrons. The van der Waals surface area contributed by atoms with Crippen LogP contribution in [-0.2, 0) is 4.79 Å². The highest BCUT2D eigenvalue weighted by molar-refractivity contribution is 6.03. The van der Waals surface area contributed by atoms with Crippen LogP contribution in [0.3, 0.4) is 0 Å². The number of aromatic nitrogens is 1. The number of anilines is 1. The largest absolute Gasteiger partial charge is 0.478 e. The topological polar surface area (TPSA) is 79.3 Å². The van der Waals surface area contributed by atoms with E-state index in [4.69, 9.17) is 5.11 Å². The Labute approximate surface area is 122 Å². The Morgan fingerprint density at radius 1 is 1.19 bits per heavy atom. The Morgan fingerprint density at radius 2 is 1.95 bits per heavy atom. The number of nitrogens with zero attached hydrogens (tertiary/aromatic N) is 1. The number of pyridine rings is 1. The van der Waals surface area contributed by atoms with E-state index in [2.05, 4.69) is 10.3 Å². The van der Waals surface area contributed by atoms with Gasteiger partial charge in [0.1, 0.15) is 5.82 Å². The van der Waals surface area contributed by atoms with Gasteiger partial charge in [0.05, 0.1) is 5.69 Å². The summed E-state index contributed by atoms with van der Waals surface area (Å²) in [6.07, 6.45) is 2.36. The number of aliphatic carboxylic acids is 1. The first-order valence-electron chi connectivity index (χ1n) is 6.31. The molecule has 0 spiro atoms. The fraction of sp³-hybridized carbons (Fsp3) is 0.0625. The lowest BCUT2D eigenvalue weighted by Crippen LogP contribution is -2.13. The van der Waals surface area contributed by atoms with Crippen LogP contribution in [-0.4, -0.2) is 22.0 Å². The predicted molar refractivity (Wildman–Crippen MR) is 80.0 cm³/mol. The van der Waals surface area contributed by atoms with Crippen molar-refractivity contribution < 1.29 is 14.7 Å². The highest BCUT2D eigenvalue weighted by Crippen LogP contribution is 2.10. The number of aryl methyl sites for hydroxylation is 1. The molecule has 0 fully saturated rings. The summed E-state index contributed by atoms with van der Waals surface area (Å²) in [6, 6.07) is 12.2. The van der Waals surface area contributed by atoms with Crippen LogP contribution in [0.1, 0.15) is 21.6 Å². The number of benzene rings is 1. The monoisotopic (exact) mass is 282 g/mol. The lowest BCUT2D eigenvalue weighted by molar-refractivity contribution is -0.131. The molecule has 0 aliphatic heterocycles. The second-order valence-corrected chi connectivity index (χ2v) is 4.44. The molecule has 106 valence electrons. The van der Waals surface area contributed by atoms with E-state index in [-0.39, 0.29) is 5.91 Å². The van der Waals surface area contributed by atoms with E-state index in [9.17, 15) is 9.59 Å². The van der Waals surface area contributed by atoms with Crippen molar-refractivity contribution in [2.24, 2.45) is 0 Å². The van der Waals surface area contributed by atoms with Crippen LogP contribution < -0.4 is 5.32 Å². The zero-order valence-electron chi connectivity index (χ0n) is 11.4. The lowest BCUT2D eigenvalue weighted by Gasteiger charge is -2.05. The highest BCUT2D eigenvalue weighted by Gasteiger charge is 2.06. The van der Waals surface area contributed by atoms with E-state index < -0.39 is 5.97 Å². The van der Waals surface area contributed by atoms with Crippen LogP contribution in [0.25, 0.3) is 6.08 Å². The van der Waals surface area contributed by atoms with E-state index in [0.29, 0.717) is 17.1 Å². The summed E-state index contributed by atoms with van der Waals surface area (Å²) in [6.45, 7) is 1.91. The summed E-state index contributed by atoms with van der Waals surface area (Å²) >= 11 is 0. The first-order valence-corrected chi connectivity index (χ1v) is 6.31. The van der Waals surface area contributed by atoms with Gasteiger partial charge < -0.3 is 10.4 Å². The van der Waals surface area contributed by atoms with Crippen LogP contribution >= 0.6 is 0 Å². The molecule has 0 atom stereocenters. The molecule has 2 aromatic rings. The van der Waals surface area contributed by atoms with E-state index in [1.807, 2.05) is 19.1 Å². The van der Waals surface area contributed by atoms with Gasteiger partial charge in [-0.3, -0.25) is 4.79 Å². The molecule has 0 aliphatic carbocycles. The number of carbonyl (C=O) groups is 2. The molecule has 0 saturated carbocycles. The van der Waals surface area contributed by atoms with Crippen molar-refractivity contribution in [3.63, 3.8) is 0 Å². The average molecular weight is 282 g/mol. The van der Waals surface area contributed by atoms with Crippen LogP contribution in [0.5, 0.6) is 0 Å². The summed E-state index contributed by atoms with van der Waals surface area (Å²) in [4.78, 5) is 26.7. The second-order valence-electron chi connectivity index (χ2n) is 4.44. The lowest BCUT2D eigenvalue weighted by atomic mass is 10.1. The fourth-order valence-electron chi connectivity index (χ4n) is 1.75. The number of amides is 1. The van der Waals surface area contributed by atoms with E-state index in [1.54, 1.807) is 30.3 Å². The number of carboxylic acids is 1. The van der Waals surface area contributed by atoms with Crippen molar-refractivity contribution in [2.75, 3.05) is 5.32 Å². The number of hydrogen-bond donors (Lipinski definition) is 2. The van der Waals surface area contributed by atoms with Crippen molar-refractivity contribution in [3.8, 4) is 0 Å². The maximum Gasteiger partial charge on any atom is 0.328 e. The predicted octanol–water partition coefficient (Wildman–Crippen LogP) is 2.74. The Morgan fingerprint density at radius 3 is 2.67 bits per heavy atom. The van der Waals surface area contributed by atoms with Crippen LogP contribution in [0, 0.1) is 6.92 Å². The van der Waals surface area contributed by atoms with Crippen molar-refractivity contribution in [1.29, 1.82) is 0 Å². The van der Waals surface area contributed by atoms with Gasteiger partial charge in [0.25, 0.3) is 5.91 Å². The van der Waals surface area contributed by atoms with Crippen molar-refractivity contribution in [1.82, 2.24) is 4.98 Å². The van der Waals surface area contributed by atoms with Gasteiger partial charge in [0, 0.05) is 11.6 Å². The molecule has 1 aromatic heterocycles. The SMILES string of the molecule is Cc1cccc(C(=O)Nc2cccc(C=CC(=O)O)n2)c1. The minimum absolute atomic E-state index is 0.259. The normalized spacial score (nSPS) is 10.5. The van der Waals surface area contributed by atoms with E-state index >= 15 is 0 Å². The van der Waals surface area contributed by atoms with Crippen molar-refractivity contribution >= 4 is 23.8 Å². The molecular weight excluding hydrogens is 268 g/mol. The first-order chi connectivity index (χ1) is 10.0. The molecule has 5 nitrogen and oxygen atoms in total. The van der Waals surface area contributed by atoms with Gasteiger partial charge in [0.15, 0.2) is 0 Å². The Bertz CT molecular complexity index is 708. The fourth-order valence-corrected chi connectivity index (χ4v) is 1.75. The summed E-state index contributed by atoms with van der Waals surface area (Å²) in [5.74, 6) is -0.939. The van der Waals surface area contributed by atoms with E-state index in [0.717, 1.165) is 11.6 Å². The molecule has 1 aromatic carbocycles. The maximum atomic E-state index is 12.1. The molecule has 0 unspecified atom stereocenters. The summed E-state index contributed by atoms with van der Waals surface area (Å²) in [5, 5.41) is 11.3. The third kappa shape index (κ3) is 4.28. The van der Waals surface area contributed by atoms with Gasteiger partial charge in [0.2, 0.25) is 0 Å². The zero-order chi connectivity index (χ0) is 15.2. The molecule has 1 heterocycles. The average Bonchev–Trinajstić information content (AvgIpc) is 2.45. The van der Waals surface area contributed by atoms with Gasteiger partial charge in [-0.25, -0.2) is 9.78 Å². The standard InChI is InChI=1S/C16H14N2O3/c1-11-4-2-5-12(10-11)16(21)18-14-7-3-6-13(17-14)8-9-15(19)20/h2-10H,1H3,(H,19,20)(H,17,18,21). The number of carbonyl (C=O) groups excluding carboxylic acids is 1. The quantitative estimate of drug-likeness (QED) is 0.845. The molecule has 0 saturated heterocycles. The van der Waals surface area contributed by atoms with Gasteiger partial charge >= 0.3 is 5.97 Å². The molecule has 1 amide bonds. The Kier molecular flexibility index (Phi) is 4.46. The zero-order valence-corrected chi connectivity index (χ0v) is 11.4. The Balaban J connectivity index is 2.14. The summed E-state index contributed by atoms with van der Waals surface area (Å²) in [5.41, 5.74) is 2.00. The Hall–Kier alpha value is -2.95. The van der Waals surface area contributed by atoms with Gasteiger partial charge in [-0.15, -0.1) is 0 Å². The number of nitrogens with one attached hydrogen (secondary N) is 1. The molecule has 2 N–H and O–H groups in total. The second kappa shape index (κ2) is 6.47. The van der Waals surface area contributed by atoms with Gasteiger partial charge in [-0.1, -0.05) is 23.8 Å². The molecule has 2 rings (SSSR count). The van der Waals surface area contributed by atoms with Gasteiger partial charge in [-0.2, -0.15) is 0 Å². The summed E-state index contributed by atoms with van der Waals surface area (Å²) < 4.78 is 0. The molecule has 21 heavy (non-hydrogen) atoms. The molecular formula is C16H14N2O3. The number of carboxylic acid groups (broad SMARTS) is 1. The molecule has 5 heteroatoms. The van der Waals surface area contributed by atoms with Crippen molar-refractivity contribution in [3.05, 3.63) is 65.4 Å². The third-order valence-corrected chi connectivity index (χ3v) is 2.69.